The van der Waals surface area contributed by atoms with Gasteiger partial charge in [-0.15, -0.1) is 0 Å². The smallest absolute Gasteiger partial charge is 0.124 e. The summed E-state index contributed by atoms with van der Waals surface area (Å²) in [4.78, 5) is 5.07. The highest BCUT2D eigenvalue weighted by atomic mass is 35.5. The lowest BCUT2D eigenvalue weighted by Gasteiger charge is -2.38. The van der Waals surface area contributed by atoms with E-state index in [2.05, 4.69) is 9.80 Å². The second-order valence-electron chi connectivity index (χ2n) is 5.99. The zero-order valence-electron chi connectivity index (χ0n) is 11.8. The Morgan fingerprint density at radius 1 is 1.10 bits per heavy atom. The maximum absolute atomic E-state index is 13.0. The second kappa shape index (κ2) is 6.42. The van der Waals surface area contributed by atoms with E-state index in [0.717, 1.165) is 44.3 Å². The Hall–Kier alpha value is -0.640. The van der Waals surface area contributed by atoms with Crippen molar-refractivity contribution >= 4 is 11.6 Å². The molecule has 0 N–H and O–H groups in total. The lowest BCUT2D eigenvalue weighted by atomic mass is 10.1. The third-order valence-electron chi connectivity index (χ3n) is 4.66. The first-order chi connectivity index (χ1) is 9.72. The molecule has 1 aliphatic carbocycles. The quantitative estimate of drug-likeness (QED) is 0.842. The van der Waals surface area contributed by atoms with Crippen molar-refractivity contribution in [3.63, 3.8) is 0 Å². The van der Waals surface area contributed by atoms with Crippen molar-refractivity contribution in [2.45, 2.75) is 38.3 Å². The number of hydrogen-bond acceptors (Lipinski definition) is 2. The minimum Gasteiger partial charge on any atom is -0.298 e. The molecule has 4 heteroatoms. The summed E-state index contributed by atoms with van der Waals surface area (Å²) in [6.45, 7) is 5.32. The number of nitrogens with zero attached hydrogens (tertiary/aromatic N) is 2. The van der Waals surface area contributed by atoms with Crippen LogP contribution in [0.3, 0.4) is 0 Å². The summed E-state index contributed by atoms with van der Waals surface area (Å²) < 4.78 is 13.0. The van der Waals surface area contributed by atoms with Crippen molar-refractivity contribution in [1.29, 1.82) is 0 Å². The van der Waals surface area contributed by atoms with E-state index in [1.165, 1.54) is 37.8 Å². The summed E-state index contributed by atoms with van der Waals surface area (Å²) >= 11 is 6.10. The third kappa shape index (κ3) is 3.33. The molecule has 20 heavy (non-hydrogen) atoms. The Morgan fingerprint density at radius 2 is 1.80 bits per heavy atom. The molecule has 2 aliphatic rings. The minimum atomic E-state index is -0.259. The fourth-order valence-electron chi connectivity index (χ4n) is 3.45. The Kier molecular flexibility index (Phi) is 4.59. The third-order valence-corrected chi connectivity index (χ3v) is 5.01. The number of rotatable bonds is 3. The number of hydrogen-bond donors (Lipinski definition) is 0. The molecule has 0 bridgehead atoms. The molecule has 0 unspecified atom stereocenters. The first-order valence-corrected chi connectivity index (χ1v) is 8.00. The van der Waals surface area contributed by atoms with E-state index in [9.17, 15) is 4.39 Å². The van der Waals surface area contributed by atoms with E-state index >= 15 is 0 Å². The van der Waals surface area contributed by atoms with Crippen LogP contribution in [-0.4, -0.2) is 42.0 Å². The summed E-state index contributed by atoms with van der Waals surface area (Å²) in [7, 11) is 0. The van der Waals surface area contributed by atoms with E-state index < -0.39 is 0 Å². The van der Waals surface area contributed by atoms with E-state index in [1.807, 2.05) is 0 Å². The van der Waals surface area contributed by atoms with Gasteiger partial charge in [0.1, 0.15) is 5.82 Å². The molecule has 1 saturated carbocycles. The van der Waals surface area contributed by atoms with Crippen molar-refractivity contribution in [1.82, 2.24) is 9.80 Å². The van der Waals surface area contributed by atoms with E-state index in [1.54, 1.807) is 6.07 Å². The molecule has 2 nitrogen and oxygen atoms in total. The molecule has 110 valence electrons. The van der Waals surface area contributed by atoms with Crippen molar-refractivity contribution in [3.8, 4) is 0 Å². The second-order valence-corrected chi connectivity index (χ2v) is 6.39. The normalized spacial score (nSPS) is 22.5. The average Bonchev–Trinajstić information content (AvgIpc) is 2.97. The molecule has 2 fully saturated rings. The van der Waals surface area contributed by atoms with Crippen LogP contribution in [0.15, 0.2) is 18.2 Å². The van der Waals surface area contributed by atoms with Crippen LogP contribution in [0.2, 0.25) is 5.02 Å². The lowest BCUT2D eigenvalue weighted by molar-refractivity contribution is 0.0937. The molecule has 1 aromatic carbocycles. The van der Waals surface area contributed by atoms with Gasteiger partial charge in [-0.2, -0.15) is 0 Å². The zero-order chi connectivity index (χ0) is 13.9. The highest BCUT2D eigenvalue weighted by molar-refractivity contribution is 6.31. The van der Waals surface area contributed by atoms with Crippen LogP contribution in [-0.2, 0) is 6.54 Å². The molecular weight excluding hydrogens is 275 g/mol. The Morgan fingerprint density at radius 3 is 2.45 bits per heavy atom. The van der Waals surface area contributed by atoms with Crippen molar-refractivity contribution in [2.75, 3.05) is 26.2 Å². The molecule has 1 aliphatic heterocycles. The van der Waals surface area contributed by atoms with Crippen LogP contribution < -0.4 is 0 Å². The zero-order valence-corrected chi connectivity index (χ0v) is 12.6. The molecule has 0 atom stereocenters. The fraction of sp³-hybridized carbons (Fsp3) is 0.625. The van der Waals surface area contributed by atoms with Crippen LogP contribution in [0, 0.1) is 5.82 Å². The van der Waals surface area contributed by atoms with E-state index in [4.69, 9.17) is 11.6 Å². The molecule has 0 radical (unpaired) electrons. The van der Waals surface area contributed by atoms with Crippen LogP contribution in [0.5, 0.6) is 0 Å². The molecular formula is C16H22ClFN2. The summed E-state index contributed by atoms with van der Waals surface area (Å²) in [5.41, 5.74) is 1.03. The van der Waals surface area contributed by atoms with Gasteiger partial charge in [-0.05, 0) is 30.5 Å². The minimum absolute atomic E-state index is 0.259. The van der Waals surface area contributed by atoms with E-state index in [-0.39, 0.29) is 5.82 Å². The van der Waals surface area contributed by atoms with Gasteiger partial charge < -0.3 is 0 Å². The molecule has 0 aromatic heterocycles. The molecule has 1 heterocycles. The van der Waals surface area contributed by atoms with Crippen LogP contribution in [0.1, 0.15) is 31.2 Å². The number of halogens is 2. The van der Waals surface area contributed by atoms with Crippen molar-refractivity contribution in [2.24, 2.45) is 0 Å². The molecule has 0 amide bonds. The summed E-state index contributed by atoms with van der Waals surface area (Å²) in [5, 5.41) is 0.545. The van der Waals surface area contributed by atoms with Gasteiger partial charge in [-0.25, -0.2) is 4.39 Å². The number of piperazine rings is 1. The van der Waals surface area contributed by atoms with Gasteiger partial charge in [0.2, 0.25) is 0 Å². The van der Waals surface area contributed by atoms with Gasteiger partial charge in [0.05, 0.1) is 0 Å². The topological polar surface area (TPSA) is 6.48 Å². The van der Waals surface area contributed by atoms with Crippen LogP contribution in [0.4, 0.5) is 4.39 Å². The van der Waals surface area contributed by atoms with Gasteiger partial charge in [0, 0.05) is 43.8 Å². The maximum Gasteiger partial charge on any atom is 0.124 e. The van der Waals surface area contributed by atoms with E-state index in [0.29, 0.717) is 5.02 Å². The van der Waals surface area contributed by atoms with Gasteiger partial charge in [-0.3, -0.25) is 9.80 Å². The predicted octanol–water partition coefficient (Wildman–Crippen LogP) is 3.54. The number of benzene rings is 1. The summed E-state index contributed by atoms with van der Waals surface area (Å²) in [5.74, 6) is -0.259. The Balaban J connectivity index is 1.53. The Bertz CT molecular complexity index is 452. The first-order valence-electron chi connectivity index (χ1n) is 7.63. The predicted molar refractivity (Wildman–Crippen MR) is 80.5 cm³/mol. The van der Waals surface area contributed by atoms with Gasteiger partial charge in [-0.1, -0.05) is 30.5 Å². The lowest BCUT2D eigenvalue weighted by Crippen LogP contribution is -2.49. The first kappa shape index (κ1) is 14.3. The van der Waals surface area contributed by atoms with Crippen molar-refractivity contribution < 1.29 is 4.39 Å². The SMILES string of the molecule is Fc1ccc(CN2CCN(C3CCCC3)CC2)c(Cl)c1. The molecule has 1 saturated heterocycles. The average molecular weight is 297 g/mol. The van der Waals surface area contributed by atoms with Crippen LogP contribution in [0.25, 0.3) is 0 Å². The van der Waals surface area contributed by atoms with Gasteiger partial charge in [0.25, 0.3) is 0 Å². The largest absolute Gasteiger partial charge is 0.298 e. The molecule has 0 spiro atoms. The monoisotopic (exact) mass is 296 g/mol. The maximum atomic E-state index is 13.0. The summed E-state index contributed by atoms with van der Waals surface area (Å²) in [6, 6.07) is 5.54. The fourth-order valence-corrected chi connectivity index (χ4v) is 3.67. The summed E-state index contributed by atoms with van der Waals surface area (Å²) in [6.07, 6.45) is 5.56. The highest BCUT2D eigenvalue weighted by Gasteiger charge is 2.26. The van der Waals surface area contributed by atoms with Crippen molar-refractivity contribution in [3.05, 3.63) is 34.6 Å². The van der Waals surface area contributed by atoms with Gasteiger partial charge >= 0.3 is 0 Å². The molecule has 1 aromatic rings. The van der Waals surface area contributed by atoms with Crippen LogP contribution >= 0.6 is 11.6 Å². The molecule has 3 rings (SSSR count). The van der Waals surface area contributed by atoms with Gasteiger partial charge in [0.15, 0.2) is 0 Å². The highest BCUT2D eigenvalue weighted by Crippen LogP contribution is 2.25. The Labute approximate surface area is 125 Å². The standard InChI is InChI=1S/C16H22ClFN2/c17-16-11-14(18)6-5-13(16)12-19-7-9-20(10-8-19)15-3-1-2-4-15/h5-6,11,15H,1-4,7-10,12H2.